The molecule has 0 amide bonds. The number of hydrogen-bond donors (Lipinski definition) is 0. The van der Waals surface area contributed by atoms with Crippen LogP contribution in [0.1, 0.15) is 15.9 Å². The van der Waals surface area contributed by atoms with Gasteiger partial charge in [0.2, 0.25) is 0 Å². The highest BCUT2D eigenvalue weighted by Crippen LogP contribution is 2.13. The second kappa shape index (κ2) is 5.80. The molecule has 1 aliphatic heterocycles. The summed E-state index contributed by atoms with van der Waals surface area (Å²) >= 11 is 0. The molecule has 1 fully saturated rings. The van der Waals surface area contributed by atoms with Crippen LogP contribution in [0.25, 0.3) is 0 Å². The van der Waals surface area contributed by atoms with Crippen molar-refractivity contribution in [2.45, 2.75) is 6.54 Å². The fourth-order valence-corrected chi connectivity index (χ4v) is 1.97. The van der Waals surface area contributed by atoms with Crippen molar-refractivity contribution in [2.24, 2.45) is 0 Å². The van der Waals surface area contributed by atoms with Crippen molar-refractivity contribution in [2.75, 3.05) is 33.4 Å². The molecule has 1 aliphatic rings. The van der Waals surface area contributed by atoms with Gasteiger partial charge in [-0.1, -0.05) is 18.2 Å². The molecule has 0 bridgehead atoms. The Bertz CT molecular complexity index is 386. The van der Waals surface area contributed by atoms with E-state index in [0.717, 1.165) is 38.4 Å². The number of morpholine rings is 1. The zero-order valence-corrected chi connectivity index (χ0v) is 10.0. The van der Waals surface area contributed by atoms with Crippen molar-refractivity contribution in [3.05, 3.63) is 35.4 Å². The quantitative estimate of drug-likeness (QED) is 0.740. The van der Waals surface area contributed by atoms with E-state index in [9.17, 15) is 4.79 Å². The van der Waals surface area contributed by atoms with Crippen molar-refractivity contribution in [1.82, 2.24) is 4.90 Å². The molecule has 0 aromatic heterocycles. The molecule has 1 aromatic rings. The van der Waals surface area contributed by atoms with Crippen LogP contribution < -0.4 is 0 Å². The third kappa shape index (κ3) is 3.05. The van der Waals surface area contributed by atoms with Gasteiger partial charge in [0.15, 0.2) is 0 Å². The summed E-state index contributed by atoms with van der Waals surface area (Å²) in [6.45, 7) is 4.13. The maximum absolute atomic E-state index is 11.6. The molecule has 0 spiro atoms. The Kier molecular flexibility index (Phi) is 4.12. The number of esters is 1. The Morgan fingerprint density at radius 3 is 2.76 bits per heavy atom. The number of rotatable bonds is 3. The summed E-state index contributed by atoms with van der Waals surface area (Å²) in [6.07, 6.45) is 0. The van der Waals surface area contributed by atoms with Crippen molar-refractivity contribution in [1.29, 1.82) is 0 Å². The van der Waals surface area contributed by atoms with E-state index < -0.39 is 0 Å². The van der Waals surface area contributed by atoms with Crippen molar-refractivity contribution < 1.29 is 14.3 Å². The first-order valence-electron chi connectivity index (χ1n) is 5.77. The number of hydrogen-bond acceptors (Lipinski definition) is 4. The van der Waals surface area contributed by atoms with Gasteiger partial charge in [0.05, 0.1) is 25.9 Å². The summed E-state index contributed by atoms with van der Waals surface area (Å²) in [4.78, 5) is 13.9. The Balaban J connectivity index is 2.11. The monoisotopic (exact) mass is 235 g/mol. The van der Waals surface area contributed by atoms with E-state index in [1.54, 1.807) is 0 Å². The van der Waals surface area contributed by atoms with Gasteiger partial charge >= 0.3 is 5.97 Å². The minimum absolute atomic E-state index is 0.270. The molecule has 0 unspecified atom stereocenters. The molecule has 0 radical (unpaired) electrons. The maximum Gasteiger partial charge on any atom is 0.338 e. The van der Waals surface area contributed by atoms with Gasteiger partial charge in [0, 0.05) is 19.6 Å². The average molecular weight is 235 g/mol. The van der Waals surface area contributed by atoms with Gasteiger partial charge in [-0.3, -0.25) is 4.90 Å². The lowest BCUT2D eigenvalue weighted by atomic mass is 10.1. The average Bonchev–Trinajstić information content (AvgIpc) is 2.40. The topological polar surface area (TPSA) is 38.8 Å². The summed E-state index contributed by atoms with van der Waals surface area (Å²) in [7, 11) is 1.41. The Morgan fingerprint density at radius 2 is 2.06 bits per heavy atom. The van der Waals surface area contributed by atoms with Crippen LogP contribution in [0.15, 0.2) is 24.3 Å². The lowest BCUT2D eigenvalue weighted by molar-refractivity contribution is 0.0338. The molecule has 17 heavy (non-hydrogen) atoms. The van der Waals surface area contributed by atoms with Gasteiger partial charge in [-0.15, -0.1) is 0 Å². The predicted octanol–water partition coefficient (Wildman–Crippen LogP) is 1.31. The van der Waals surface area contributed by atoms with E-state index in [0.29, 0.717) is 5.56 Å². The highest BCUT2D eigenvalue weighted by molar-refractivity contribution is 5.90. The summed E-state index contributed by atoms with van der Waals surface area (Å²) in [6, 6.07) is 7.58. The molecule has 0 aliphatic carbocycles. The molecule has 92 valence electrons. The van der Waals surface area contributed by atoms with E-state index in [1.165, 1.54) is 7.11 Å². The third-order valence-corrected chi connectivity index (χ3v) is 2.92. The van der Waals surface area contributed by atoms with Crippen LogP contribution in [0.2, 0.25) is 0 Å². The van der Waals surface area contributed by atoms with Gasteiger partial charge in [-0.25, -0.2) is 4.79 Å². The lowest BCUT2D eigenvalue weighted by Crippen LogP contribution is -2.36. The second-order valence-electron chi connectivity index (χ2n) is 4.04. The number of benzene rings is 1. The number of nitrogens with zero attached hydrogens (tertiary/aromatic N) is 1. The van der Waals surface area contributed by atoms with E-state index in [2.05, 4.69) is 4.90 Å². The number of carbonyl (C=O) groups is 1. The molecule has 2 rings (SSSR count). The maximum atomic E-state index is 11.6. The normalized spacial score (nSPS) is 16.8. The van der Waals surface area contributed by atoms with Gasteiger partial charge < -0.3 is 9.47 Å². The smallest absolute Gasteiger partial charge is 0.338 e. The van der Waals surface area contributed by atoms with Crippen LogP contribution in [0.4, 0.5) is 0 Å². The summed E-state index contributed by atoms with van der Waals surface area (Å²) in [5, 5.41) is 0. The van der Waals surface area contributed by atoms with Crippen LogP contribution in [-0.2, 0) is 16.0 Å². The largest absolute Gasteiger partial charge is 0.465 e. The molecular weight excluding hydrogens is 218 g/mol. The van der Waals surface area contributed by atoms with Crippen molar-refractivity contribution in [3.8, 4) is 0 Å². The van der Waals surface area contributed by atoms with Crippen LogP contribution in [0, 0.1) is 0 Å². The molecule has 1 saturated heterocycles. The number of ether oxygens (including phenoxy) is 2. The predicted molar refractivity (Wildman–Crippen MR) is 63.9 cm³/mol. The molecule has 0 saturated carbocycles. The molecule has 1 aromatic carbocycles. The first-order chi connectivity index (χ1) is 8.31. The van der Waals surface area contributed by atoms with E-state index >= 15 is 0 Å². The van der Waals surface area contributed by atoms with Gasteiger partial charge in [0.1, 0.15) is 0 Å². The fourth-order valence-electron chi connectivity index (χ4n) is 1.97. The Hall–Kier alpha value is -1.39. The van der Waals surface area contributed by atoms with E-state index in [1.807, 2.05) is 24.3 Å². The fraction of sp³-hybridized carbons (Fsp3) is 0.462. The molecule has 4 nitrogen and oxygen atoms in total. The van der Waals surface area contributed by atoms with Crippen molar-refractivity contribution >= 4 is 5.97 Å². The number of methoxy groups -OCH3 is 1. The molecule has 0 atom stereocenters. The second-order valence-corrected chi connectivity index (χ2v) is 4.04. The minimum Gasteiger partial charge on any atom is -0.465 e. The lowest BCUT2D eigenvalue weighted by Gasteiger charge is -2.27. The molecule has 4 heteroatoms. The Labute approximate surface area is 101 Å². The standard InChI is InChI=1S/C13H17NO3/c1-16-13(15)12-5-3-2-4-11(12)10-14-6-8-17-9-7-14/h2-5H,6-10H2,1H3. The highest BCUT2D eigenvalue weighted by atomic mass is 16.5. The summed E-state index contributed by atoms with van der Waals surface area (Å²) < 4.78 is 10.1. The summed E-state index contributed by atoms with van der Waals surface area (Å²) in [5.74, 6) is -0.270. The first-order valence-corrected chi connectivity index (χ1v) is 5.77. The van der Waals surface area contributed by atoms with Crippen LogP contribution >= 0.6 is 0 Å². The van der Waals surface area contributed by atoms with Crippen molar-refractivity contribution in [3.63, 3.8) is 0 Å². The molecule has 1 heterocycles. The highest BCUT2D eigenvalue weighted by Gasteiger charge is 2.15. The van der Waals surface area contributed by atoms with E-state index in [-0.39, 0.29) is 5.97 Å². The first kappa shape index (κ1) is 12.1. The number of carbonyl (C=O) groups excluding carboxylic acids is 1. The minimum atomic E-state index is -0.270. The molecular formula is C13H17NO3. The molecule has 0 N–H and O–H groups in total. The Morgan fingerprint density at radius 1 is 1.35 bits per heavy atom. The SMILES string of the molecule is COC(=O)c1ccccc1CN1CCOCC1. The summed E-state index contributed by atoms with van der Waals surface area (Å²) in [5.41, 5.74) is 1.67. The van der Waals surface area contributed by atoms with Crippen LogP contribution in [-0.4, -0.2) is 44.3 Å². The van der Waals surface area contributed by atoms with Crippen LogP contribution in [0.3, 0.4) is 0 Å². The van der Waals surface area contributed by atoms with Gasteiger partial charge in [0.25, 0.3) is 0 Å². The zero-order chi connectivity index (χ0) is 12.1. The van der Waals surface area contributed by atoms with Gasteiger partial charge in [-0.05, 0) is 11.6 Å². The zero-order valence-electron chi connectivity index (χ0n) is 10.0. The van der Waals surface area contributed by atoms with Crippen LogP contribution in [0.5, 0.6) is 0 Å². The van der Waals surface area contributed by atoms with Gasteiger partial charge in [-0.2, -0.15) is 0 Å². The third-order valence-electron chi connectivity index (χ3n) is 2.92. The van der Waals surface area contributed by atoms with E-state index in [4.69, 9.17) is 9.47 Å².